The molecule has 2 rings (SSSR count). The van der Waals surface area contributed by atoms with Gasteiger partial charge < -0.3 is 19.5 Å². The molecule has 1 N–H and O–H groups in total. The lowest BCUT2D eigenvalue weighted by Gasteiger charge is -2.10. The molecule has 2 aromatic carbocycles. The average Bonchev–Trinajstić information content (AvgIpc) is 2.78. The fraction of sp³-hybridized carbons (Fsp3) is 0.227. The van der Waals surface area contributed by atoms with Crippen molar-refractivity contribution in [3.8, 4) is 17.6 Å². The van der Waals surface area contributed by atoms with Gasteiger partial charge in [0.1, 0.15) is 11.6 Å². The second-order valence-electron chi connectivity index (χ2n) is 6.48. The predicted octanol–water partition coefficient (Wildman–Crippen LogP) is 2.80. The number of carbonyl (C=O) groups excluding carboxylic acids is 2. The zero-order valence-electron chi connectivity index (χ0n) is 17.7. The maximum atomic E-state index is 12.5. The molecule has 0 aliphatic rings. The summed E-state index contributed by atoms with van der Waals surface area (Å²) in [6, 6.07) is 10.3. The number of nitro benzene ring substituents is 1. The van der Waals surface area contributed by atoms with Crippen LogP contribution in [-0.4, -0.2) is 44.2 Å². The lowest BCUT2D eigenvalue weighted by molar-refractivity contribution is -0.385. The van der Waals surface area contributed by atoms with Crippen LogP contribution in [0.1, 0.15) is 21.5 Å². The van der Waals surface area contributed by atoms with Crippen LogP contribution >= 0.6 is 0 Å². The number of aryl methyl sites for hydroxylation is 1. The Bertz CT molecular complexity index is 1100. The Balaban J connectivity index is 2.24. The molecule has 0 saturated carbocycles. The van der Waals surface area contributed by atoms with E-state index < -0.39 is 16.8 Å². The van der Waals surface area contributed by atoms with Crippen LogP contribution in [0, 0.1) is 28.4 Å². The molecule has 0 unspecified atom stereocenters. The summed E-state index contributed by atoms with van der Waals surface area (Å²) in [5, 5.41) is 22.9. The number of nitriles is 1. The number of hydrogen-bond donors (Lipinski definition) is 1. The van der Waals surface area contributed by atoms with Gasteiger partial charge in [0.2, 0.25) is 0 Å². The Hall–Kier alpha value is -4.23. The Morgan fingerprint density at radius 1 is 1.19 bits per heavy atom. The summed E-state index contributed by atoms with van der Waals surface area (Å²) in [5.74, 6) is -1.11. The lowest BCUT2D eigenvalue weighted by Crippen LogP contribution is -2.27. The molecule has 0 bridgehead atoms. The first kappa shape index (κ1) is 24.0. The van der Waals surface area contributed by atoms with E-state index in [9.17, 15) is 25.0 Å². The van der Waals surface area contributed by atoms with Crippen molar-refractivity contribution >= 4 is 23.6 Å². The van der Waals surface area contributed by atoms with Crippen molar-refractivity contribution in [1.82, 2.24) is 5.32 Å². The Morgan fingerprint density at radius 2 is 1.94 bits per heavy atom. The van der Waals surface area contributed by atoms with Crippen LogP contribution < -0.4 is 14.8 Å². The number of nitro groups is 1. The summed E-state index contributed by atoms with van der Waals surface area (Å²) in [6.45, 7) is 2.13. The molecule has 166 valence electrons. The molecule has 10 heteroatoms. The highest BCUT2D eigenvalue weighted by Crippen LogP contribution is 2.30. The van der Waals surface area contributed by atoms with Gasteiger partial charge in [-0.3, -0.25) is 14.9 Å². The normalized spacial score (nSPS) is 10.8. The van der Waals surface area contributed by atoms with Gasteiger partial charge in [0.25, 0.3) is 11.6 Å². The average molecular weight is 439 g/mol. The van der Waals surface area contributed by atoms with Crippen LogP contribution in [0.15, 0.2) is 42.0 Å². The van der Waals surface area contributed by atoms with E-state index in [2.05, 4.69) is 5.32 Å². The third-order valence-corrected chi connectivity index (χ3v) is 4.30. The standard InChI is InChI=1S/C22H21N3O7/c1-14-4-6-16(12-18(14)25(28)29)22(27)32-19-7-5-15(11-20(19)31-3)10-17(13-23)21(26)24-8-9-30-2/h4-7,10-12H,8-9H2,1-3H3,(H,24,26)/b17-10+. The van der Waals surface area contributed by atoms with E-state index in [1.54, 1.807) is 6.92 Å². The van der Waals surface area contributed by atoms with Crippen LogP contribution in [0.3, 0.4) is 0 Å². The number of hydrogen-bond acceptors (Lipinski definition) is 8. The van der Waals surface area contributed by atoms with Crippen LogP contribution in [-0.2, 0) is 9.53 Å². The monoisotopic (exact) mass is 439 g/mol. The van der Waals surface area contributed by atoms with Crippen molar-refractivity contribution < 1.29 is 28.7 Å². The minimum atomic E-state index is -0.801. The fourth-order valence-electron chi connectivity index (χ4n) is 2.63. The lowest BCUT2D eigenvalue weighted by atomic mass is 10.1. The molecule has 32 heavy (non-hydrogen) atoms. The molecule has 1 amide bonds. The fourth-order valence-corrected chi connectivity index (χ4v) is 2.63. The van der Waals surface area contributed by atoms with E-state index in [0.717, 1.165) is 6.07 Å². The highest BCUT2D eigenvalue weighted by atomic mass is 16.6. The number of carbonyl (C=O) groups is 2. The van der Waals surface area contributed by atoms with E-state index in [1.165, 1.54) is 50.6 Å². The smallest absolute Gasteiger partial charge is 0.343 e. The molecule has 2 aromatic rings. The van der Waals surface area contributed by atoms with Crippen LogP contribution in [0.5, 0.6) is 11.5 Å². The van der Waals surface area contributed by atoms with E-state index in [0.29, 0.717) is 17.7 Å². The van der Waals surface area contributed by atoms with Crippen molar-refractivity contribution in [3.05, 3.63) is 68.8 Å². The number of rotatable bonds is 9. The van der Waals surface area contributed by atoms with Gasteiger partial charge in [-0.2, -0.15) is 5.26 Å². The van der Waals surface area contributed by atoms with Crippen LogP contribution in [0.25, 0.3) is 6.08 Å². The summed E-state index contributed by atoms with van der Waals surface area (Å²) in [7, 11) is 2.85. The second kappa shape index (κ2) is 11.2. The molecule has 0 saturated heterocycles. The Morgan fingerprint density at radius 3 is 2.56 bits per heavy atom. The number of methoxy groups -OCH3 is 2. The molecule has 0 atom stereocenters. The molecule has 0 aromatic heterocycles. The van der Waals surface area contributed by atoms with Gasteiger partial charge in [0, 0.05) is 25.3 Å². The number of esters is 1. The predicted molar refractivity (Wildman–Crippen MR) is 114 cm³/mol. The molecule has 0 radical (unpaired) electrons. The van der Waals surface area contributed by atoms with Gasteiger partial charge in [-0.05, 0) is 36.8 Å². The maximum absolute atomic E-state index is 12.5. The van der Waals surface area contributed by atoms with Gasteiger partial charge in [0.05, 0.1) is 24.2 Å². The van der Waals surface area contributed by atoms with E-state index in [-0.39, 0.29) is 34.9 Å². The highest BCUT2D eigenvalue weighted by Gasteiger charge is 2.18. The van der Waals surface area contributed by atoms with Crippen molar-refractivity contribution in [2.75, 3.05) is 27.4 Å². The zero-order valence-corrected chi connectivity index (χ0v) is 17.7. The maximum Gasteiger partial charge on any atom is 0.343 e. The van der Waals surface area contributed by atoms with Crippen LogP contribution in [0.2, 0.25) is 0 Å². The van der Waals surface area contributed by atoms with Crippen molar-refractivity contribution in [2.24, 2.45) is 0 Å². The second-order valence-corrected chi connectivity index (χ2v) is 6.48. The number of benzene rings is 2. The summed E-state index contributed by atoms with van der Waals surface area (Å²) in [4.78, 5) is 35.1. The largest absolute Gasteiger partial charge is 0.493 e. The first-order valence-corrected chi connectivity index (χ1v) is 9.35. The highest BCUT2D eigenvalue weighted by molar-refractivity contribution is 6.01. The minimum absolute atomic E-state index is 0.00724. The van der Waals surface area contributed by atoms with E-state index >= 15 is 0 Å². The summed E-state index contributed by atoms with van der Waals surface area (Å²) < 4.78 is 15.4. The van der Waals surface area contributed by atoms with E-state index in [1.807, 2.05) is 6.07 Å². The number of nitrogens with one attached hydrogen (secondary N) is 1. The summed E-state index contributed by atoms with van der Waals surface area (Å²) in [6.07, 6.45) is 1.36. The van der Waals surface area contributed by atoms with Crippen molar-refractivity contribution in [3.63, 3.8) is 0 Å². The molecule has 0 heterocycles. The molecule has 10 nitrogen and oxygen atoms in total. The van der Waals surface area contributed by atoms with Crippen LogP contribution in [0.4, 0.5) is 5.69 Å². The van der Waals surface area contributed by atoms with Gasteiger partial charge >= 0.3 is 5.97 Å². The van der Waals surface area contributed by atoms with Crippen molar-refractivity contribution in [2.45, 2.75) is 6.92 Å². The van der Waals surface area contributed by atoms with Gasteiger partial charge in [-0.25, -0.2) is 4.79 Å². The molecule has 0 aliphatic carbocycles. The molecular weight excluding hydrogens is 418 g/mol. The third-order valence-electron chi connectivity index (χ3n) is 4.30. The number of amides is 1. The van der Waals surface area contributed by atoms with Gasteiger partial charge in [0.15, 0.2) is 11.5 Å². The first-order chi connectivity index (χ1) is 15.3. The van der Waals surface area contributed by atoms with Crippen molar-refractivity contribution in [1.29, 1.82) is 5.26 Å². The quantitative estimate of drug-likeness (QED) is 0.120. The summed E-state index contributed by atoms with van der Waals surface area (Å²) in [5.41, 5.74) is 0.568. The van der Waals surface area contributed by atoms with Gasteiger partial charge in [-0.1, -0.05) is 12.1 Å². The number of nitrogens with zero attached hydrogens (tertiary/aromatic N) is 2. The summed E-state index contributed by atoms with van der Waals surface area (Å²) >= 11 is 0. The minimum Gasteiger partial charge on any atom is -0.493 e. The first-order valence-electron chi connectivity index (χ1n) is 9.35. The molecule has 0 aliphatic heterocycles. The Labute approximate surface area is 184 Å². The van der Waals surface area contributed by atoms with E-state index in [4.69, 9.17) is 14.2 Å². The SMILES string of the molecule is COCCNC(=O)/C(C#N)=C/c1ccc(OC(=O)c2ccc(C)c([N+](=O)[O-])c2)c(OC)c1. The molecule has 0 fully saturated rings. The Kier molecular flexibility index (Phi) is 8.45. The molecule has 0 spiro atoms. The topological polar surface area (TPSA) is 141 Å². The van der Waals surface area contributed by atoms with Gasteiger partial charge in [-0.15, -0.1) is 0 Å². The zero-order chi connectivity index (χ0) is 23.7. The number of ether oxygens (including phenoxy) is 3. The molecular formula is C22H21N3O7. The third kappa shape index (κ3) is 6.13.